The van der Waals surface area contributed by atoms with E-state index >= 15 is 0 Å². The van der Waals surface area contributed by atoms with Crippen molar-refractivity contribution < 1.29 is 4.79 Å². The van der Waals surface area contributed by atoms with Gasteiger partial charge >= 0.3 is 0 Å². The van der Waals surface area contributed by atoms with Crippen molar-refractivity contribution in [3.8, 4) is 0 Å². The maximum absolute atomic E-state index is 12.5. The molecule has 0 aliphatic heterocycles. The number of nitrogens with zero attached hydrogens (tertiary/aromatic N) is 2. The van der Waals surface area contributed by atoms with Gasteiger partial charge in [0.1, 0.15) is 5.82 Å². The monoisotopic (exact) mass is 249 g/mol. The first-order valence-corrected chi connectivity index (χ1v) is 6.56. The number of nitrogens with one attached hydrogen (secondary N) is 1. The Hall–Kier alpha value is -1.58. The van der Waals surface area contributed by atoms with Gasteiger partial charge in [0, 0.05) is 26.3 Å². The SMILES string of the molecule is CCC(C)CN(CC)C(=O)c1cccnc1NC. The smallest absolute Gasteiger partial charge is 0.257 e. The summed E-state index contributed by atoms with van der Waals surface area (Å²) < 4.78 is 0. The molecule has 1 unspecified atom stereocenters. The van der Waals surface area contributed by atoms with E-state index in [9.17, 15) is 4.79 Å². The van der Waals surface area contributed by atoms with Gasteiger partial charge in [-0.05, 0) is 25.0 Å². The average molecular weight is 249 g/mol. The van der Waals surface area contributed by atoms with E-state index in [-0.39, 0.29) is 5.91 Å². The molecule has 1 aromatic heterocycles. The zero-order valence-electron chi connectivity index (χ0n) is 11.7. The molecule has 1 heterocycles. The molecule has 0 aliphatic carbocycles. The summed E-state index contributed by atoms with van der Waals surface area (Å²) in [4.78, 5) is 18.5. The minimum atomic E-state index is 0.0512. The molecule has 0 radical (unpaired) electrons. The third-order valence-electron chi connectivity index (χ3n) is 3.17. The summed E-state index contributed by atoms with van der Waals surface area (Å²) in [5.74, 6) is 1.21. The van der Waals surface area contributed by atoms with Crippen LogP contribution in [0.15, 0.2) is 18.3 Å². The highest BCUT2D eigenvalue weighted by Gasteiger charge is 2.19. The molecule has 0 saturated carbocycles. The lowest BCUT2D eigenvalue weighted by atomic mass is 10.1. The third-order valence-corrected chi connectivity index (χ3v) is 3.17. The van der Waals surface area contributed by atoms with E-state index in [1.165, 1.54) is 0 Å². The highest BCUT2D eigenvalue weighted by atomic mass is 16.2. The second kappa shape index (κ2) is 6.99. The van der Waals surface area contributed by atoms with Crippen molar-refractivity contribution in [2.24, 2.45) is 5.92 Å². The van der Waals surface area contributed by atoms with Crippen LogP contribution in [0.4, 0.5) is 5.82 Å². The Morgan fingerprint density at radius 3 is 2.78 bits per heavy atom. The van der Waals surface area contributed by atoms with Crippen molar-refractivity contribution in [2.45, 2.75) is 27.2 Å². The number of aromatic nitrogens is 1. The predicted octanol–water partition coefficient (Wildman–Crippen LogP) is 2.63. The minimum absolute atomic E-state index is 0.0512. The molecule has 100 valence electrons. The maximum atomic E-state index is 12.5. The van der Waals surface area contributed by atoms with Gasteiger partial charge < -0.3 is 10.2 Å². The lowest BCUT2D eigenvalue weighted by Gasteiger charge is -2.24. The van der Waals surface area contributed by atoms with E-state index in [4.69, 9.17) is 0 Å². The lowest BCUT2D eigenvalue weighted by Crippen LogP contribution is -2.35. The second-order valence-corrected chi connectivity index (χ2v) is 4.51. The number of amides is 1. The number of hydrogen-bond acceptors (Lipinski definition) is 3. The summed E-state index contributed by atoms with van der Waals surface area (Å²) in [6.45, 7) is 7.84. The quantitative estimate of drug-likeness (QED) is 0.843. The van der Waals surface area contributed by atoms with Crippen molar-refractivity contribution >= 4 is 11.7 Å². The molecule has 0 bridgehead atoms. The maximum Gasteiger partial charge on any atom is 0.257 e. The zero-order chi connectivity index (χ0) is 13.5. The van der Waals surface area contributed by atoms with Crippen LogP contribution in [0.1, 0.15) is 37.6 Å². The topological polar surface area (TPSA) is 45.2 Å². The standard InChI is InChI=1S/C14H23N3O/c1-5-11(3)10-17(6-2)14(18)12-8-7-9-16-13(12)15-4/h7-9,11H,5-6,10H2,1-4H3,(H,15,16). The number of pyridine rings is 1. The van der Waals surface area contributed by atoms with Crippen LogP contribution in [-0.4, -0.2) is 35.9 Å². The fourth-order valence-electron chi connectivity index (χ4n) is 1.81. The van der Waals surface area contributed by atoms with E-state index in [1.807, 2.05) is 17.9 Å². The fourth-order valence-corrected chi connectivity index (χ4v) is 1.81. The molecule has 1 atom stereocenters. The van der Waals surface area contributed by atoms with E-state index in [2.05, 4.69) is 24.1 Å². The van der Waals surface area contributed by atoms with Crippen molar-refractivity contribution in [3.63, 3.8) is 0 Å². The van der Waals surface area contributed by atoms with Crippen LogP contribution in [0.25, 0.3) is 0 Å². The van der Waals surface area contributed by atoms with Crippen molar-refractivity contribution in [2.75, 3.05) is 25.5 Å². The summed E-state index contributed by atoms with van der Waals surface area (Å²) in [5.41, 5.74) is 0.644. The van der Waals surface area contributed by atoms with Gasteiger partial charge in [0.2, 0.25) is 0 Å². The van der Waals surface area contributed by atoms with Crippen LogP contribution in [0.2, 0.25) is 0 Å². The van der Waals surface area contributed by atoms with Gasteiger partial charge in [-0.2, -0.15) is 0 Å². The molecule has 0 spiro atoms. The highest BCUT2D eigenvalue weighted by Crippen LogP contribution is 2.15. The highest BCUT2D eigenvalue weighted by molar-refractivity contribution is 5.98. The van der Waals surface area contributed by atoms with Crippen LogP contribution in [0.5, 0.6) is 0 Å². The van der Waals surface area contributed by atoms with Crippen LogP contribution in [0, 0.1) is 5.92 Å². The molecule has 0 aliphatic rings. The Labute approximate surface area is 109 Å². The Kier molecular flexibility index (Phi) is 5.62. The molecule has 4 nitrogen and oxygen atoms in total. The Morgan fingerprint density at radius 1 is 1.50 bits per heavy atom. The van der Waals surface area contributed by atoms with E-state index in [1.54, 1.807) is 19.3 Å². The molecule has 1 aromatic rings. The number of hydrogen-bond donors (Lipinski definition) is 1. The number of rotatable bonds is 6. The summed E-state index contributed by atoms with van der Waals surface area (Å²) in [6, 6.07) is 3.62. The van der Waals surface area contributed by atoms with Crippen LogP contribution >= 0.6 is 0 Å². The van der Waals surface area contributed by atoms with Crippen LogP contribution in [-0.2, 0) is 0 Å². The van der Waals surface area contributed by atoms with Crippen LogP contribution in [0.3, 0.4) is 0 Å². The van der Waals surface area contributed by atoms with Crippen molar-refractivity contribution in [1.29, 1.82) is 0 Å². The Morgan fingerprint density at radius 2 is 2.22 bits per heavy atom. The van der Waals surface area contributed by atoms with Gasteiger partial charge in [-0.1, -0.05) is 20.3 Å². The van der Waals surface area contributed by atoms with Gasteiger partial charge in [0.05, 0.1) is 5.56 Å². The summed E-state index contributed by atoms with van der Waals surface area (Å²) >= 11 is 0. The number of anilines is 1. The summed E-state index contributed by atoms with van der Waals surface area (Å²) in [6.07, 6.45) is 2.77. The number of carbonyl (C=O) groups is 1. The molecule has 1 amide bonds. The zero-order valence-corrected chi connectivity index (χ0v) is 11.7. The second-order valence-electron chi connectivity index (χ2n) is 4.51. The van der Waals surface area contributed by atoms with Gasteiger partial charge in [-0.25, -0.2) is 4.98 Å². The Bertz CT molecular complexity index is 392. The lowest BCUT2D eigenvalue weighted by molar-refractivity contribution is 0.0741. The van der Waals surface area contributed by atoms with E-state index in [0.29, 0.717) is 17.3 Å². The molecule has 0 saturated heterocycles. The molecule has 0 aromatic carbocycles. The van der Waals surface area contributed by atoms with Gasteiger partial charge in [-0.15, -0.1) is 0 Å². The van der Waals surface area contributed by atoms with Crippen LogP contribution < -0.4 is 5.32 Å². The molecule has 18 heavy (non-hydrogen) atoms. The molecular formula is C14H23N3O. The predicted molar refractivity (Wildman–Crippen MR) is 74.8 cm³/mol. The average Bonchev–Trinajstić information content (AvgIpc) is 2.43. The van der Waals surface area contributed by atoms with Gasteiger partial charge in [0.25, 0.3) is 5.91 Å². The van der Waals surface area contributed by atoms with Gasteiger partial charge in [0.15, 0.2) is 0 Å². The van der Waals surface area contributed by atoms with Crippen molar-refractivity contribution in [3.05, 3.63) is 23.9 Å². The Balaban J connectivity index is 2.89. The van der Waals surface area contributed by atoms with Gasteiger partial charge in [-0.3, -0.25) is 4.79 Å². The molecule has 1 rings (SSSR count). The first kappa shape index (κ1) is 14.5. The first-order chi connectivity index (χ1) is 8.63. The summed E-state index contributed by atoms with van der Waals surface area (Å²) in [5, 5.41) is 2.96. The number of carbonyl (C=O) groups excluding carboxylic acids is 1. The molecule has 0 fully saturated rings. The van der Waals surface area contributed by atoms with Crippen molar-refractivity contribution in [1.82, 2.24) is 9.88 Å². The van der Waals surface area contributed by atoms with E-state index in [0.717, 1.165) is 19.5 Å². The largest absolute Gasteiger partial charge is 0.372 e. The van der Waals surface area contributed by atoms with E-state index < -0.39 is 0 Å². The molecular weight excluding hydrogens is 226 g/mol. The first-order valence-electron chi connectivity index (χ1n) is 6.56. The fraction of sp³-hybridized carbons (Fsp3) is 0.571. The normalized spacial score (nSPS) is 12.0. The minimum Gasteiger partial charge on any atom is -0.372 e. The third kappa shape index (κ3) is 3.45. The molecule has 4 heteroatoms. The molecule has 1 N–H and O–H groups in total. The summed E-state index contributed by atoms with van der Waals surface area (Å²) in [7, 11) is 1.78.